The summed E-state index contributed by atoms with van der Waals surface area (Å²) in [6.45, 7) is 3.85. The van der Waals surface area contributed by atoms with Crippen molar-refractivity contribution in [2.45, 2.75) is 19.4 Å². The minimum absolute atomic E-state index is 0. The van der Waals surface area contributed by atoms with E-state index < -0.39 is 17.0 Å². The van der Waals surface area contributed by atoms with Gasteiger partial charge in [0.15, 0.2) is 0 Å². The molecule has 2 heterocycles. The fourth-order valence-electron chi connectivity index (χ4n) is 1.65. The molecule has 114 valence electrons. The molecule has 0 unspecified atom stereocenters. The third kappa shape index (κ3) is 3.96. The summed E-state index contributed by atoms with van der Waals surface area (Å²) < 4.78 is 5.19. The van der Waals surface area contributed by atoms with Gasteiger partial charge in [0.2, 0.25) is 0 Å². The van der Waals surface area contributed by atoms with Gasteiger partial charge in [-0.1, -0.05) is 0 Å². The number of pyridine rings is 1. The third-order valence-corrected chi connectivity index (χ3v) is 2.90. The van der Waals surface area contributed by atoms with Crippen molar-refractivity contribution in [2.24, 2.45) is 5.73 Å². The Hall–Kier alpha value is -2.05. The number of rotatable bonds is 4. The van der Waals surface area contributed by atoms with E-state index in [1.165, 1.54) is 12.3 Å². The lowest BCUT2D eigenvalue weighted by molar-refractivity contribution is 0.0914. The Kier molecular flexibility index (Phi) is 5.34. The van der Waals surface area contributed by atoms with Crippen LogP contribution in [-0.4, -0.2) is 23.0 Å². The summed E-state index contributed by atoms with van der Waals surface area (Å²) in [7, 11) is 0. The standard InChI is InChI=1S/C14H17N3O3.ClH/c1-14(2,8-15)17-13(19)9-5-6-10(16-12(9)18)11-4-3-7-20-11;/h3-7H,8,15H2,1-2H3,(H,16,18)(H,17,19);1H. The smallest absolute Gasteiger partial charge is 0.261 e. The highest BCUT2D eigenvalue weighted by Crippen LogP contribution is 2.15. The molecule has 0 aliphatic rings. The van der Waals surface area contributed by atoms with Crippen molar-refractivity contribution in [1.29, 1.82) is 0 Å². The Bertz CT molecular complexity index is 662. The van der Waals surface area contributed by atoms with Gasteiger partial charge in [0, 0.05) is 12.1 Å². The van der Waals surface area contributed by atoms with E-state index in [4.69, 9.17) is 10.2 Å². The lowest BCUT2D eigenvalue weighted by atomic mass is 10.1. The highest BCUT2D eigenvalue weighted by atomic mass is 35.5. The van der Waals surface area contributed by atoms with E-state index in [0.717, 1.165) is 0 Å². The van der Waals surface area contributed by atoms with Gasteiger partial charge >= 0.3 is 0 Å². The number of halogens is 1. The first kappa shape index (κ1) is 17.0. The maximum absolute atomic E-state index is 12.0. The second kappa shape index (κ2) is 6.60. The molecule has 7 heteroatoms. The molecule has 1 amide bonds. The topological polar surface area (TPSA) is 101 Å². The van der Waals surface area contributed by atoms with Crippen LogP contribution < -0.4 is 16.6 Å². The number of hydrogen-bond donors (Lipinski definition) is 3. The van der Waals surface area contributed by atoms with E-state index in [2.05, 4.69) is 10.3 Å². The molecule has 2 rings (SSSR count). The maximum atomic E-state index is 12.0. The predicted octanol–water partition coefficient (Wildman–Crippen LogP) is 1.52. The zero-order valence-corrected chi connectivity index (χ0v) is 12.6. The largest absolute Gasteiger partial charge is 0.463 e. The molecule has 0 atom stereocenters. The van der Waals surface area contributed by atoms with Gasteiger partial charge in [0.25, 0.3) is 11.5 Å². The quantitative estimate of drug-likeness (QED) is 0.797. The van der Waals surface area contributed by atoms with Crippen molar-refractivity contribution < 1.29 is 9.21 Å². The molecule has 0 radical (unpaired) electrons. The third-order valence-electron chi connectivity index (χ3n) is 2.90. The van der Waals surface area contributed by atoms with Crippen molar-refractivity contribution in [1.82, 2.24) is 10.3 Å². The minimum atomic E-state index is -0.566. The van der Waals surface area contributed by atoms with Crippen LogP contribution in [-0.2, 0) is 0 Å². The van der Waals surface area contributed by atoms with Gasteiger partial charge in [-0.05, 0) is 38.1 Å². The number of H-pyrrole nitrogens is 1. The van der Waals surface area contributed by atoms with Gasteiger partial charge in [-0.3, -0.25) is 9.59 Å². The molecule has 0 aliphatic carbocycles. The fourth-order valence-corrected chi connectivity index (χ4v) is 1.65. The summed E-state index contributed by atoms with van der Waals surface area (Å²) >= 11 is 0. The van der Waals surface area contributed by atoms with E-state index >= 15 is 0 Å². The number of carbonyl (C=O) groups is 1. The van der Waals surface area contributed by atoms with Crippen LogP contribution in [0.3, 0.4) is 0 Å². The van der Waals surface area contributed by atoms with Crippen molar-refractivity contribution in [3.8, 4) is 11.5 Å². The lowest BCUT2D eigenvalue weighted by Crippen LogP contribution is -2.49. The normalized spacial score (nSPS) is 10.8. The molecule has 0 saturated heterocycles. The second-order valence-electron chi connectivity index (χ2n) is 5.13. The van der Waals surface area contributed by atoms with Crippen LogP contribution in [0.5, 0.6) is 0 Å². The van der Waals surface area contributed by atoms with Crippen molar-refractivity contribution >= 4 is 18.3 Å². The maximum Gasteiger partial charge on any atom is 0.261 e. The number of amides is 1. The van der Waals surface area contributed by atoms with Gasteiger partial charge in [-0.15, -0.1) is 12.4 Å². The average molecular weight is 312 g/mol. The molecule has 21 heavy (non-hydrogen) atoms. The molecule has 0 aliphatic heterocycles. The fraction of sp³-hybridized carbons (Fsp3) is 0.286. The number of nitrogens with two attached hydrogens (primary N) is 1. The van der Waals surface area contributed by atoms with E-state index in [0.29, 0.717) is 11.5 Å². The Morgan fingerprint density at radius 2 is 2.10 bits per heavy atom. The monoisotopic (exact) mass is 311 g/mol. The number of nitrogens with one attached hydrogen (secondary N) is 2. The minimum Gasteiger partial charge on any atom is -0.463 e. The Morgan fingerprint density at radius 1 is 1.38 bits per heavy atom. The van der Waals surface area contributed by atoms with Crippen molar-refractivity contribution in [2.75, 3.05) is 6.54 Å². The zero-order chi connectivity index (χ0) is 14.8. The first-order chi connectivity index (χ1) is 9.43. The van der Waals surface area contributed by atoms with Crippen LogP contribution in [0.2, 0.25) is 0 Å². The molecule has 4 N–H and O–H groups in total. The van der Waals surface area contributed by atoms with E-state index in [-0.39, 0.29) is 24.5 Å². The summed E-state index contributed by atoms with van der Waals surface area (Å²) in [5, 5.41) is 2.71. The van der Waals surface area contributed by atoms with E-state index in [9.17, 15) is 9.59 Å². The summed E-state index contributed by atoms with van der Waals surface area (Å²) in [6.07, 6.45) is 1.51. The van der Waals surface area contributed by atoms with Crippen molar-refractivity contribution in [3.05, 3.63) is 46.4 Å². The van der Waals surface area contributed by atoms with Crippen molar-refractivity contribution in [3.63, 3.8) is 0 Å². The van der Waals surface area contributed by atoms with Crippen LogP contribution in [0.1, 0.15) is 24.2 Å². The lowest BCUT2D eigenvalue weighted by Gasteiger charge is -2.23. The van der Waals surface area contributed by atoms with Crippen LogP contribution in [0.25, 0.3) is 11.5 Å². The van der Waals surface area contributed by atoms with E-state index in [1.807, 2.05) is 0 Å². The van der Waals surface area contributed by atoms with Crippen LogP contribution in [0.4, 0.5) is 0 Å². The van der Waals surface area contributed by atoms with Gasteiger partial charge < -0.3 is 20.5 Å². The number of aromatic amines is 1. The molecule has 2 aromatic rings. The summed E-state index contributed by atoms with van der Waals surface area (Å²) in [5.74, 6) is 0.0871. The molecule has 0 bridgehead atoms. The Labute approximate surface area is 128 Å². The molecule has 0 spiro atoms. The number of carbonyl (C=O) groups excluding carboxylic acids is 1. The first-order valence-electron chi connectivity index (χ1n) is 6.23. The molecule has 0 saturated carbocycles. The number of aromatic nitrogens is 1. The highest BCUT2D eigenvalue weighted by molar-refractivity contribution is 5.94. The summed E-state index contributed by atoms with van der Waals surface area (Å²) in [5.41, 5.74) is 5.08. The Balaban J connectivity index is 0.00000220. The number of hydrogen-bond acceptors (Lipinski definition) is 4. The molecular weight excluding hydrogens is 294 g/mol. The average Bonchev–Trinajstić information content (AvgIpc) is 2.91. The first-order valence-corrected chi connectivity index (χ1v) is 6.23. The highest BCUT2D eigenvalue weighted by Gasteiger charge is 2.21. The SMILES string of the molecule is CC(C)(CN)NC(=O)c1ccc(-c2ccco2)[nH]c1=O.Cl. The van der Waals surface area contributed by atoms with Gasteiger partial charge in [0.1, 0.15) is 11.3 Å². The van der Waals surface area contributed by atoms with Gasteiger partial charge in [-0.25, -0.2) is 0 Å². The molecule has 2 aromatic heterocycles. The molecule has 0 fully saturated rings. The van der Waals surface area contributed by atoms with Crippen LogP contribution >= 0.6 is 12.4 Å². The molecular formula is C14H18ClN3O3. The second-order valence-corrected chi connectivity index (χ2v) is 5.13. The molecule has 0 aromatic carbocycles. The van der Waals surface area contributed by atoms with Gasteiger partial charge in [0.05, 0.1) is 12.0 Å². The molecule has 6 nitrogen and oxygen atoms in total. The zero-order valence-electron chi connectivity index (χ0n) is 11.8. The van der Waals surface area contributed by atoms with E-state index in [1.54, 1.807) is 32.0 Å². The predicted molar refractivity (Wildman–Crippen MR) is 82.6 cm³/mol. The summed E-state index contributed by atoms with van der Waals surface area (Å²) in [4.78, 5) is 26.6. The Morgan fingerprint density at radius 3 is 2.62 bits per heavy atom. The number of furan rings is 1. The van der Waals surface area contributed by atoms with Crippen LogP contribution in [0, 0.1) is 0 Å². The summed E-state index contributed by atoms with van der Waals surface area (Å²) in [6, 6.07) is 6.55. The van der Waals surface area contributed by atoms with Crippen LogP contribution in [0.15, 0.2) is 39.7 Å². The van der Waals surface area contributed by atoms with Gasteiger partial charge in [-0.2, -0.15) is 0 Å².